The fourth-order valence-electron chi connectivity index (χ4n) is 4.28. The lowest BCUT2D eigenvalue weighted by molar-refractivity contribution is 0.102. The quantitative estimate of drug-likeness (QED) is 0.327. The van der Waals surface area contributed by atoms with E-state index in [1.54, 1.807) is 7.11 Å². The molecule has 1 aromatic carbocycles. The van der Waals surface area contributed by atoms with E-state index < -0.39 is 0 Å². The van der Waals surface area contributed by atoms with E-state index in [1.807, 2.05) is 28.7 Å². The fraction of sp³-hybridized carbons (Fsp3) is 0.348. The van der Waals surface area contributed by atoms with Crippen molar-refractivity contribution < 1.29 is 9.53 Å². The predicted octanol–water partition coefficient (Wildman–Crippen LogP) is 4.93. The van der Waals surface area contributed by atoms with E-state index in [4.69, 9.17) is 4.74 Å². The number of carbonyl (C=O) groups is 1. The number of benzene rings is 1. The van der Waals surface area contributed by atoms with Crippen LogP contribution in [0.4, 0.5) is 0 Å². The van der Waals surface area contributed by atoms with Gasteiger partial charge in [0.05, 0.1) is 18.4 Å². The molecule has 0 amide bonds. The Labute approximate surface area is 179 Å². The van der Waals surface area contributed by atoms with Crippen LogP contribution < -0.4 is 4.74 Å². The lowest BCUT2D eigenvalue weighted by Crippen LogP contribution is -2.06. The first-order valence-corrected chi connectivity index (χ1v) is 11.1. The van der Waals surface area contributed by atoms with Gasteiger partial charge in [0, 0.05) is 34.4 Å². The topological polar surface area (TPSA) is 61.4 Å². The maximum Gasteiger partial charge on any atom is 0.196 e. The number of fused-ring (bicyclic) bond motifs is 3. The van der Waals surface area contributed by atoms with Gasteiger partial charge in [-0.1, -0.05) is 11.8 Å². The molecule has 0 spiro atoms. The molecule has 6 nitrogen and oxygen atoms in total. The Morgan fingerprint density at radius 3 is 2.70 bits per heavy atom. The minimum absolute atomic E-state index is 0.130. The van der Waals surface area contributed by atoms with Crippen molar-refractivity contribution in [1.29, 1.82) is 0 Å². The van der Waals surface area contributed by atoms with Crippen molar-refractivity contribution in [2.24, 2.45) is 0 Å². The van der Waals surface area contributed by atoms with Gasteiger partial charge in [-0.3, -0.25) is 9.20 Å². The van der Waals surface area contributed by atoms with Gasteiger partial charge in [0.25, 0.3) is 0 Å². The number of aromatic nitrogens is 4. The van der Waals surface area contributed by atoms with Crippen molar-refractivity contribution >= 4 is 34.1 Å². The molecule has 3 heterocycles. The second-order valence-corrected chi connectivity index (χ2v) is 8.93. The van der Waals surface area contributed by atoms with Gasteiger partial charge >= 0.3 is 0 Å². The first-order chi connectivity index (χ1) is 14.5. The summed E-state index contributed by atoms with van der Waals surface area (Å²) in [6.45, 7) is 6.21. The van der Waals surface area contributed by atoms with E-state index in [1.165, 1.54) is 30.3 Å². The zero-order chi connectivity index (χ0) is 21.0. The highest BCUT2D eigenvalue weighted by molar-refractivity contribution is 7.99. The van der Waals surface area contributed by atoms with Gasteiger partial charge in [-0.2, -0.15) is 0 Å². The Morgan fingerprint density at radius 1 is 1.17 bits per heavy atom. The van der Waals surface area contributed by atoms with Crippen LogP contribution in [0.2, 0.25) is 0 Å². The third kappa shape index (κ3) is 3.08. The molecule has 1 saturated carbocycles. The number of thioether (sulfide) groups is 1. The number of carbonyl (C=O) groups excluding carboxylic acids is 1. The molecule has 4 aromatic rings. The van der Waals surface area contributed by atoms with Crippen LogP contribution >= 0.6 is 11.8 Å². The van der Waals surface area contributed by atoms with Gasteiger partial charge in [0.15, 0.2) is 16.6 Å². The van der Waals surface area contributed by atoms with Crippen molar-refractivity contribution in [2.45, 2.75) is 44.8 Å². The summed E-state index contributed by atoms with van der Waals surface area (Å²) in [6, 6.07) is 10.6. The van der Waals surface area contributed by atoms with E-state index in [9.17, 15) is 4.79 Å². The van der Waals surface area contributed by atoms with E-state index in [0.29, 0.717) is 17.0 Å². The highest BCUT2D eigenvalue weighted by Gasteiger charge is 2.28. The highest BCUT2D eigenvalue weighted by atomic mass is 32.2. The van der Waals surface area contributed by atoms with Crippen molar-refractivity contribution in [3.05, 3.63) is 52.8 Å². The number of ketones is 1. The molecule has 0 atom stereocenters. The monoisotopic (exact) mass is 420 g/mol. The van der Waals surface area contributed by atoms with Gasteiger partial charge in [-0.25, -0.2) is 0 Å². The second-order valence-electron chi connectivity index (χ2n) is 7.98. The first-order valence-electron chi connectivity index (χ1n) is 10.1. The molecule has 7 heteroatoms. The maximum atomic E-state index is 13.0. The predicted molar refractivity (Wildman–Crippen MR) is 119 cm³/mol. The molecule has 0 bridgehead atoms. The van der Waals surface area contributed by atoms with Gasteiger partial charge in [-0.15, -0.1) is 10.2 Å². The number of hydrogen-bond acceptors (Lipinski definition) is 5. The zero-order valence-corrected chi connectivity index (χ0v) is 18.4. The molecule has 5 rings (SSSR count). The molecule has 0 unspecified atom stereocenters. The van der Waals surface area contributed by atoms with Gasteiger partial charge in [-0.05, 0) is 63.4 Å². The minimum Gasteiger partial charge on any atom is -0.497 e. The Bertz CT molecular complexity index is 1300. The molecular weight excluding hydrogens is 396 g/mol. The van der Waals surface area contributed by atoms with Crippen LogP contribution in [-0.4, -0.2) is 37.8 Å². The molecule has 1 fully saturated rings. The molecule has 1 aliphatic carbocycles. The largest absolute Gasteiger partial charge is 0.497 e. The Balaban J connectivity index is 1.48. The molecule has 1 aliphatic rings. The number of methoxy groups -OCH3 is 1. The number of ether oxygens (including phenoxy) is 1. The lowest BCUT2D eigenvalue weighted by Gasteiger charge is -2.09. The van der Waals surface area contributed by atoms with Crippen LogP contribution in [-0.2, 0) is 0 Å². The second kappa shape index (κ2) is 7.16. The standard InChI is InChI=1S/C23H24N4O2S/c1-13-9-22-24-25-23(27(22)20-11-17(29-4)7-8-18(13)20)30-12-21(28)19-10-14(2)26(15(19)3)16-5-6-16/h7-11,16H,5-6,12H2,1-4H3. The summed E-state index contributed by atoms with van der Waals surface area (Å²) in [5, 5.41) is 10.5. The molecule has 0 N–H and O–H groups in total. The Hall–Kier alpha value is -2.80. The summed E-state index contributed by atoms with van der Waals surface area (Å²) < 4.78 is 9.74. The Kier molecular flexibility index (Phi) is 4.58. The van der Waals surface area contributed by atoms with Gasteiger partial charge in [0.2, 0.25) is 0 Å². The van der Waals surface area contributed by atoms with Crippen LogP contribution in [0.1, 0.15) is 46.2 Å². The van der Waals surface area contributed by atoms with Crippen LogP contribution in [0.15, 0.2) is 35.5 Å². The SMILES string of the molecule is COc1ccc2c(C)cc3nnc(SCC(=O)c4cc(C)n(C5CC5)c4C)n3c2c1. The van der Waals surface area contributed by atoms with Gasteiger partial charge < -0.3 is 9.30 Å². The number of Topliss-reactive ketones (excluding diaryl/α,β-unsaturated/α-hetero) is 1. The number of aryl methyl sites for hydroxylation is 2. The number of pyridine rings is 1. The molecule has 0 saturated heterocycles. The minimum atomic E-state index is 0.130. The van der Waals surface area contributed by atoms with Gasteiger partial charge in [0.1, 0.15) is 5.75 Å². The van der Waals surface area contributed by atoms with E-state index >= 15 is 0 Å². The van der Waals surface area contributed by atoms with Crippen LogP contribution in [0.25, 0.3) is 16.6 Å². The summed E-state index contributed by atoms with van der Waals surface area (Å²) in [5.74, 6) is 1.24. The van der Waals surface area contributed by atoms with Crippen LogP contribution in [0.3, 0.4) is 0 Å². The third-order valence-corrected chi connectivity index (χ3v) is 6.83. The molecule has 154 valence electrons. The average Bonchev–Trinajstić information content (AvgIpc) is 3.41. The summed E-state index contributed by atoms with van der Waals surface area (Å²) in [5.41, 5.74) is 5.96. The third-order valence-electron chi connectivity index (χ3n) is 5.90. The van der Waals surface area contributed by atoms with Crippen molar-refractivity contribution in [1.82, 2.24) is 19.2 Å². The molecule has 30 heavy (non-hydrogen) atoms. The van der Waals surface area contributed by atoms with E-state index in [2.05, 4.69) is 41.6 Å². The van der Waals surface area contributed by atoms with Crippen molar-refractivity contribution in [3.63, 3.8) is 0 Å². The highest BCUT2D eigenvalue weighted by Crippen LogP contribution is 2.38. The summed E-state index contributed by atoms with van der Waals surface area (Å²) >= 11 is 1.43. The van der Waals surface area contributed by atoms with Crippen molar-refractivity contribution in [2.75, 3.05) is 12.9 Å². The molecule has 0 aliphatic heterocycles. The maximum absolute atomic E-state index is 13.0. The normalized spacial score (nSPS) is 14.0. The number of nitrogens with zero attached hydrogens (tertiary/aromatic N) is 4. The summed E-state index contributed by atoms with van der Waals surface area (Å²) in [4.78, 5) is 13.0. The summed E-state index contributed by atoms with van der Waals surface area (Å²) in [7, 11) is 1.66. The molecular formula is C23H24N4O2S. The first kappa shape index (κ1) is 19.2. The smallest absolute Gasteiger partial charge is 0.196 e. The van der Waals surface area contributed by atoms with Crippen LogP contribution in [0, 0.1) is 20.8 Å². The Morgan fingerprint density at radius 2 is 1.97 bits per heavy atom. The lowest BCUT2D eigenvalue weighted by atomic mass is 10.1. The number of hydrogen-bond donors (Lipinski definition) is 0. The van der Waals surface area contributed by atoms with Crippen LogP contribution in [0.5, 0.6) is 5.75 Å². The van der Waals surface area contributed by atoms with Crippen molar-refractivity contribution in [3.8, 4) is 5.75 Å². The fourth-order valence-corrected chi connectivity index (χ4v) is 5.12. The van der Waals surface area contributed by atoms with E-state index in [-0.39, 0.29) is 5.78 Å². The summed E-state index contributed by atoms with van der Waals surface area (Å²) in [6.07, 6.45) is 2.42. The molecule has 0 radical (unpaired) electrons. The molecule has 3 aromatic heterocycles. The number of rotatable bonds is 6. The average molecular weight is 421 g/mol. The van der Waals surface area contributed by atoms with E-state index in [0.717, 1.165) is 39.1 Å². The zero-order valence-electron chi connectivity index (χ0n) is 17.6.